The molecule has 0 unspecified atom stereocenters. The molecule has 1 amide bonds. The van der Waals surface area contributed by atoms with Crippen molar-refractivity contribution >= 4 is 16.9 Å². The fourth-order valence-corrected chi connectivity index (χ4v) is 3.72. The van der Waals surface area contributed by atoms with Gasteiger partial charge in [0.1, 0.15) is 11.3 Å². The number of ether oxygens (including phenoxy) is 1. The molecule has 0 bridgehead atoms. The Balaban J connectivity index is 1.48. The van der Waals surface area contributed by atoms with Gasteiger partial charge in [-0.1, -0.05) is 0 Å². The number of nitrogens with one attached hydrogen (secondary N) is 1. The third-order valence-corrected chi connectivity index (χ3v) is 5.67. The van der Waals surface area contributed by atoms with Gasteiger partial charge in [0.2, 0.25) is 5.91 Å². The molecule has 1 N–H and O–H groups in total. The second kappa shape index (κ2) is 9.89. The van der Waals surface area contributed by atoms with Crippen LogP contribution in [0.25, 0.3) is 11.0 Å². The first kappa shape index (κ1) is 21.3. The smallest absolute Gasteiger partial charge is 0.339 e. The molecule has 29 heavy (non-hydrogen) atoms. The van der Waals surface area contributed by atoms with Gasteiger partial charge < -0.3 is 24.3 Å². The lowest BCUT2D eigenvalue weighted by molar-refractivity contribution is -0.121. The summed E-state index contributed by atoms with van der Waals surface area (Å²) in [7, 11) is 3.72. The third-order valence-electron chi connectivity index (χ3n) is 5.67. The molecule has 1 aromatic carbocycles. The summed E-state index contributed by atoms with van der Waals surface area (Å²) in [6, 6.07) is 5.43. The zero-order valence-electron chi connectivity index (χ0n) is 17.6. The molecule has 1 aliphatic heterocycles. The van der Waals surface area contributed by atoms with Crippen LogP contribution in [0.15, 0.2) is 27.4 Å². The Bertz CT molecular complexity index is 901. The van der Waals surface area contributed by atoms with Crippen molar-refractivity contribution in [2.75, 3.05) is 53.4 Å². The van der Waals surface area contributed by atoms with Crippen molar-refractivity contribution in [1.29, 1.82) is 0 Å². The number of benzene rings is 1. The van der Waals surface area contributed by atoms with Crippen LogP contribution in [0.2, 0.25) is 0 Å². The van der Waals surface area contributed by atoms with Gasteiger partial charge in [-0.05, 0) is 51.1 Å². The summed E-state index contributed by atoms with van der Waals surface area (Å²) in [4.78, 5) is 29.3. The molecule has 2 heterocycles. The van der Waals surface area contributed by atoms with Gasteiger partial charge in [0.25, 0.3) is 0 Å². The van der Waals surface area contributed by atoms with E-state index < -0.39 is 0 Å². The van der Waals surface area contributed by atoms with Crippen LogP contribution >= 0.6 is 0 Å². The van der Waals surface area contributed by atoms with E-state index in [4.69, 9.17) is 9.15 Å². The van der Waals surface area contributed by atoms with Crippen molar-refractivity contribution in [3.63, 3.8) is 0 Å². The Labute approximate surface area is 171 Å². The van der Waals surface area contributed by atoms with Gasteiger partial charge in [-0.2, -0.15) is 0 Å². The number of carbonyl (C=O) groups excluding carboxylic acids is 1. The summed E-state index contributed by atoms with van der Waals surface area (Å²) < 4.78 is 10.6. The maximum Gasteiger partial charge on any atom is 0.339 e. The summed E-state index contributed by atoms with van der Waals surface area (Å²) in [5, 5.41) is 3.84. The first-order valence-electron chi connectivity index (χ1n) is 10.3. The van der Waals surface area contributed by atoms with Gasteiger partial charge in [-0.3, -0.25) is 4.79 Å². The SMILES string of the molecule is COc1ccc2c(C)c(CCC(=O)NCCCN3CCN(C)CC3)c(=O)oc2c1. The number of methoxy groups -OCH3 is 1. The van der Waals surface area contributed by atoms with E-state index in [2.05, 4.69) is 22.2 Å². The molecule has 7 nitrogen and oxygen atoms in total. The van der Waals surface area contributed by atoms with E-state index in [0.29, 0.717) is 29.9 Å². The molecule has 0 aliphatic carbocycles. The first-order valence-corrected chi connectivity index (χ1v) is 10.3. The van der Waals surface area contributed by atoms with E-state index >= 15 is 0 Å². The molecule has 0 saturated carbocycles. The summed E-state index contributed by atoms with van der Waals surface area (Å²) in [6.45, 7) is 7.95. The maximum absolute atomic E-state index is 12.4. The van der Waals surface area contributed by atoms with Crippen LogP contribution in [-0.2, 0) is 11.2 Å². The third kappa shape index (κ3) is 5.58. The van der Waals surface area contributed by atoms with Crippen molar-refractivity contribution in [2.24, 2.45) is 0 Å². The van der Waals surface area contributed by atoms with Crippen molar-refractivity contribution in [3.05, 3.63) is 39.7 Å². The Hall–Kier alpha value is -2.38. The van der Waals surface area contributed by atoms with Crippen LogP contribution in [0.4, 0.5) is 0 Å². The Morgan fingerprint density at radius 2 is 2.00 bits per heavy atom. The van der Waals surface area contributed by atoms with Crippen LogP contribution < -0.4 is 15.7 Å². The monoisotopic (exact) mass is 401 g/mol. The van der Waals surface area contributed by atoms with Crippen molar-refractivity contribution in [2.45, 2.75) is 26.2 Å². The van der Waals surface area contributed by atoms with E-state index in [-0.39, 0.29) is 18.0 Å². The van der Waals surface area contributed by atoms with Gasteiger partial charge in [-0.25, -0.2) is 4.79 Å². The number of likely N-dealkylation sites (N-methyl/N-ethyl adjacent to an activating group) is 1. The Morgan fingerprint density at radius 3 is 2.72 bits per heavy atom. The Morgan fingerprint density at radius 1 is 1.24 bits per heavy atom. The fraction of sp³-hybridized carbons (Fsp3) is 0.545. The highest BCUT2D eigenvalue weighted by Crippen LogP contribution is 2.24. The second-order valence-corrected chi connectivity index (χ2v) is 7.70. The Kier molecular flexibility index (Phi) is 7.28. The van der Waals surface area contributed by atoms with Gasteiger partial charge in [0.05, 0.1) is 7.11 Å². The number of hydrogen-bond donors (Lipinski definition) is 1. The molecule has 3 rings (SSSR count). The highest BCUT2D eigenvalue weighted by molar-refractivity contribution is 5.82. The lowest BCUT2D eigenvalue weighted by Crippen LogP contribution is -2.45. The normalized spacial score (nSPS) is 15.6. The van der Waals surface area contributed by atoms with E-state index in [0.717, 1.165) is 50.1 Å². The molecule has 1 saturated heterocycles. The molecule has 1 aromatic heterocycles. The fourth-order valence-electron chi connectivity index (χ4n) is 3.72. The van der Waals surface area contributed by atoms with E-state index in [1.165, 1.54) is 0 Å². The number of rotatable bonds is 8. The molecule has 7 heteroatoms. The summed E-state index contributed by atoms with van der Waals surface area (Å²) in [5.74, 6) is 0.612. The van der Waals surface area contributed by atoms with E-state index in [1.54, 1.807) is 13.2 Å². The lowest BCUT2D eigenvalue weighted by Gasteiger charge is -2.32. The molecule has 0 spiro atoms. The molecule has 158 valence electrons. The molecule has 0 radical (unpaired) electrons. The topological polar surface area (TPSA) is 75.0 Å². The molecule has 1 aliphatic rings. The van der Waals surface area contributed by atoms with Crippen LogP contribution in [-0.4, -0.2) is 69.1 Å². The van der Waals surface area contributed by atoms with Gasteiger partial charge in [0, 0.05) is 56.2 Å². The average molecular weight is 402 g/mol. The van der Waals surface area contributed by atoms with Crippen molar-refractivity contribution in [1.82, 2.24) is 15.1 Å². The number of aryl methyl sites for hydroxylation is 1. The minimum Gasteiger partial charge on any atom is -0.497 e. The second-order valence-electron chi connectivity index (χ2n) is 7.70. The average Bonchev–Trinajstić information content (AvgIpc) is 2.71. The summed E-state index contributed by atoms with van der Waals surface area (Å²) in [6.07, 6.45) is 1.59. The zero-order chi connectivity index (χ0) is 20.8. The molecule has 2 aromatic rings. The molecular weight excluding hydrogens is 370 g/mol. The van der Waals surface area contributed by atoms with Crippen LogP contribution in [0.5, 0.6) is 5.75 Å². The van der Waals surface area contributed by atoms with Crippen molar-refractivity contribution < 1.29 is 13.9 Å². The zero-order valence-corrected chi connectivity index (χ0v) is 17.6. The maximum atomic E-state index is 12.4. The number of piperazine rings is 1. The predicted octanol–water partition coefficient (Wildman–Crippen LogP) is 1.80. The number of amides is 1. The van der Waals surface area contributed by atoms with Crippen LogP contribution in [0.1, 0.15) is 24.0 Å². The standard InChI is InChI=1S/C22H31N3O4/c1-16-18-6-5-17(28-3)15-20(18)29-22(27)19(16)7-8-21(26)23-9-4-10-25-13-11-24(2)12-14-25/h5-6,15H,4,7-14H2,1-3H3,(H,23,26). The minimum atomic E-state index is -0.383. The van der Waals surface area contributed by atoms with Crippen LogP contribution in [0.3, 0.4) is 0 Å². The largest absolute Gasteiger partial charge is 0.497 e. The molecular formula is C22H31N3O4. The van der Waals surface area contributed by atoms with Gasteiger partial charge >= 0.3 is 5.63 Å². The highest BCUT2D eigenvalue weighted by atomic mass is 16.5. The van der Waals surface area contributed by atoms with Gasteiger partial charge in [0.15, 0.2) is 0 Å². The number of carbonyl (C=O) groups is 1. The number of fused-ring (bicyclic) bond motifs is 1. The summed E-state index contributed by atoms with van der Waals surface area (Å²) >= 11 is 0. The van der Waals surface area contributed by atoms with Gasteiger partial charge in [-0.15, -0.1) is 0 Å². The predicted molar refractivity (Wildman–Crippen MR) is 114 cm³/mol. The van der Waals surface area contributed by atoms with E-state index in [1.807, 2.05) is 19.1 Å². The van der Waals surface area contributed by atoms with E-state index in [9.17, 15) is 9.59 Å². The van der Waals surface area contributed by atoms with Crippen molar-refractivity contribution in [3.8, 4) is 5.75 Å². The number of nitrogens with zero attached hydrogens (tertiary/aromatic N) is 2. The molecule has 1 fully saturated rings. The number of hydrogen-bond acceptors (Lipinski definition) is 6. The quantitative estimate of drug-likeness (QED) is 0.537. The highest BCUT2D eigenvalue weighted by Gasteiger charge is 2.15. The molecule has 0 atom stereocenters. The minimum absolute atomic E-state index is 0.0306. The van der Waals surface area contributed by atoms with Crippen LogP contribution in [0, 0.1) is 6.92 Å². The summed E-state index contributed by atoms with van der Waals surface area (Å²) in [5.41, 5.74) is 1.55. The first-order chi connectivity index (χ1) is 14.0. The lowest BCUT2D eigenvalue weighted by atomic mass is 10.0.